The largest absolute Gasteiger partial charge is 0.465 e. The van der Waals surface area contributed by atoms with Crippen LogP contribution >= 0.6 is 0 Å². The molecule has 0 N–H and O–H groups in total. The molecular weight excluding hydrogens is 462 g/mol. The van der Waals surface area contributed by atoms with Gasteiger partial charge in [-0.1, -0.05) is 47.7 Å². The minimum atomic E-state index is -1.17. The van der Waals surface area contributed by atoms with Gasteiger partial charge in [0.25, 0.3) is 0 Å². The normalized spacial score (nSPS) is 17.0. The Kier molecular flexibility index (Phi) is 6.50. The number of fused-ring (bicyclic) bond motifs is 1. The number of ether oxygens (including phenoxy) is 1. The lowest BCUT2D eigenvalue weighted by Crippen LogP contribution is -2.54. The third kappa shape index (κ3) is 4.58. The Labute approximate surface area is 208 Å². The summed E-state index contributed by atoms with van der Waals surface area (Å²) in [6.07, 6.45) is 0.263. The second-order valence-corrected chi connectivity index (χ2v) is 8.97. The summed E-state index contributed by atoms with van der Waals surface area (Å²) in [6, 6.07) is 22.2. The van der Waals surface area contributed by atoms with Crippen LogP contribution in [-0.4, -0.2) is 34.1 Å². The monoisotopic (exact) mass is 488 g/mol. The standard InChI is InChI=1S/C28H26F2N4O2/c1-2-36-27(35)28(16-20-11-13-22(29)14-12-20)19-33(24-9-4-3-5-10-24)18-25-26(28)34(32-31-25)17-21-7-6-8-23(30)15-21/h3-15H,2,16-19H2,1H3. The van der Waals surface area contributed by atoms with Crippen LogP contribution in [-0.2, 0) is 34.5 Å². The minimum absolute atomic E-state index is 0.204. The van der Waals surface area contributed by atoms with Crippen LogP contribution in [0.4, 0.5) is 14.5 Å². The molecule has 0 saturated heterocycles. The number of nitrogens with zero attached hydrogens (tertiary/aromatic N) is 4. The molecule has 0 spiro atoms. The number of esters is 1. The Balaban J connectivity index is 1.66. The summed E-state index contributed by atoms with van der Waals surface area (Å²) >= 11 is 0. The average molecular weight is 489 g/mol. The smallest absolute Gasteiger partial charge is 0.320 e. The summed E-state index contributed by atoms with van der Waals surface area (Å²) < 4.78 is 34.9. The third-order valence-electron chi connectivity index (χ3n) is 6.49. The van der Waals surface area contributed by atoms with Crippen LogP contribution in [0, 0.1) is 11.6 Å². The number of halogens is 2. The molecule has 1 aromatic heterocycles. The van der Waals surface area contributed by atoms with Gasteiger partial charge >= 0.3 is 5.97 Å². The van der Waals surface area contributed by atoms with Gasteiger partial charge in [-0.15, -0.1) is 5.10 Å². The Hall–Kier alpha value is -4.07. The molecule has 5 rings (SSSR count). The molecule has 1 aliphatic rings. The Morgan fingerprint density at radius 1 is 0.972 bits per heavy atom. The summed E-state index contributed by atoms with van der Waals surface area (Å²) in [4.78, 5) is 15.9. The molecule has 0 bridgehead atoms. The van der Waals surface area contributed by atoms with Crippen molar-refractivity contribution in [3.63, 3.8) is 0 Å². The first-order valence-corrected chi connectivity index (χ1v) is 11.9. The summed E-state index contributed by atoms with van der Waals surface area (Å²) in [7, 11) is 0. The molecule has 3 aromatic carbocycles. The molecular formula is C28H26F2N4O2. The number of rotatable bonds is 7. The summed E-state index contributed by atoms with van der Waals surface area (Å²) in [5.41, 5.74) is 2.54. The minimum Gasteiger partial charge on any atom is -0.465 e. The second kappa shape index (κ2) is 9.89. The van der Waals surface area contributed by atoms with Gasteiger partial charge in [0.05, 0.1) is 25.4 Å². The van der Waals surface area contributed by atoms with Crippen molar-refractivity contribution in [2.24, 2.45) is 0 Å². The van der Waals surface area contributed by atoms with E-state index >= 15 is 0 Å². The fourth-order valence-corrected chi connectivity index (χ4v) is 4.95. The van der Waals surface area contributed by atoms with E-state index in [0.29, 0.717) is 30.0 Å². The molecule has 184 valence electrons. The highest BCUT2D eigenvalue weighted by Crippen LogP contribution is 2.39. The van der Waals surface area contributed by atoms with Crippen LogP contribution in [0.3, 0.4) is 0 Å². The highest BCUT2D eigenvalue weighted by molar-refractivity contribution is 5.85. The molecule has 36 heavy (non-hydrogen) atoms. The first-order chi connectivity index (χ1) is 17.5. The van der Waals surface area contributed by atoms with Crippen LogP contribution in [0.1, 0.15) is 29.4 Å². The molecule has 1 aliphatic heterocycles. The Morgan fingerprint density at radius 3 is 2.47 bits per heavy atom. The number of hydrogen-bond acceptors (Lipinski definition) is 5. The van der Waals surface area contributed by atoms with Gasteiger partial charge in [0, 0.05) is 12.2 Å². The van der Waals surface area contributed by atoms with E-state index in [2.05, 4.69) is 15.2 Å². The van der Waals surface area contributed by atoms with E-state index in [1.807, 2.05) is 36.4 Å². The molecule has 0 aliphatic carbocycles. The summed E-state index contributed by atoms with van der Waals surface area (Å²) in [6.45, 7) is 2.99. The lowest BCUT2D eigenvalue weighted by Gasteiger charge is -2.41. The van der Waals surface area contributed by atoms with Crippen molar-refractivity contribution in [3.05, 3.63) is 113 Å². The predicted molar refractivity (Wildman–Crippen MR) is 131 cm³/mol. The summed E-state index contributed by atoms with van der Waals surface area (Å²) in [5, 5.41) is 8.85. The van der Waals surface area contributed by atoms with Gasteiger partial charge in [0.1, 0.15) is 22.7 Å². The fraction of sp³-hybridized carbons (Fsp3) is 0.250. The van der Waals surface area contributed by atoms with Gasteiger partial charge in [-0.05, 0) is 60.9 Å². The highest BCUT2D eigenvalue weighted by Gasteiger charge is 2.51. The number of anilines is 1. The molecule has 1 unspecified atom stereocenters. The summed E-state index contributed by atoms with van der Waals surface area (Å²) in [5.74, 6) is -1.10. The SMILES string of the molecule is CCOC(=O)C1(Cc2ccc(F)cc2)CN(c2ccccc2)Cc2nnn(Cc3cccc(F)c3)c21. The van der Waals surface area contributed by atoms with Crippen LogP contribution in [0.25, 0.3) is 0 Å². The zero-order valence-electron chi connectivity index (χ0n) is 19.9. The van der Waals surface area contributed by atoms with Crippen molar-refractivity contribution in [2.45, 2.75) is 31.8 Å². The maximum absolute atomic E-state index is 13.9. The van der Waals surface area contributed by atoms with Gasteiger partial charge in [0.15, 0.2) is 0 Å². The van der Waals surface area contributed by atoms with E-state index in [1.165, 1.54) is 24.3 Å². The van der Waals surface area contributed by atoms with Crippen molar-refractivity contribution in [3.8, 4) is 0 Å². The van der Waals surface area contributed by atoms with Gasteiger partial charge < -0.3 is 9.64 Å². The molecule has 0 radical (unpaired) electrons. The number of carbonyl (C=O) groups is 1. The van der Waals surface area contributed by atoms with Crippen molar-refractivity contribution in [1.29, 1.82) is 0 Å². The van der Waals surface area contributed by atoms with Crippen LogP contribution in [0.2, 0.25) is 0 Å². The van der Waals surface area contributed by atoms with E-state index in [4.69, 9.17) is 4.74 Å². The van der Waals surface area contributed by atoms with E-state index in [0.717, 1.165) is 11.3 Å². The van der Waals surface area contributed by atoms with Crippen molar-refractivity contribution in [1.82, 2.24) is 15.0 Å². The van der Waals surface area contributed by atoms with E-state index in [9.17, 15) is 13.6 Å². The quantitative estimate of drug-likeness (QED) is 0.354. The molecule has 0 saturated carbocycles. The second-order valence-electron chi connectivity index (χ2n) is 8.97. The van der Waals surface area contributed by atoms with Gasteiger partial charge in [0.2, 0.25) is 0 Å². The number of benzene rings is 3. The highest BCUT2D eigenvalue weighted by atomic mass is 19.1. The van der Waals surface area contributed by atoms with E-state index in [1.54, 1.807) is 29.8 Å². The van der Waals surface area contributed by atoms with E-state index in [-0.39, 0.29) is 31.2 Å². The number of carbonyl (C=O) groups excluding carboxylic acids is 1. The zero-order chi connectivity index (χ0) is 25.1. The maximum Gasteiger partial charge on any atom is 0.320 e. The van der Waals surface area contributed by atoms with Gasteiger partial charge in [-0.2, -0.15) is 0 Å². The maximum atomic E-state index is 13.9. The average Bonchev–Trinajstić information content (AvgIpc) is 3.29. The van der Waals surface area contributed by atoms with Crippen LogP contribution < -0.4 is 4.90 Å². The third-order valence-corrected chi connectivity index (χ3v) is 6.49. The number of hydrogen-bond donors (Lipinski definition) is 0. The number of para-hydroxylation sites is 1. The Morgan fingerprint density at radius 2 is 1.75 bits per heavy atom. The topological polar surface area (TPSA) is 60.2 Å². The van der Waals surface area contributed by atoms with Crippen molar-refractivity contribution in [2.75, 3.05) is 18.1 Å². The lowest BCUT2D eigenvalue weighted by molar-refractivity contribution is -0.150. The van der Waals surface area contributed by atoms with E-state index < -0.39 is 11.4 Å². The van der Waals surface area contributed by atoms with Crippen molar-refractivity contribution >= 4 is 11.7 Å². The molecule has 0 amide bonds. The molecule has 6 nitrogen and oxygen atoms in total. The zero-order valence-corrected chi connectivity index (χ0v) is 19.9. The predicted octanol–water partition coefficient (Wildman–Crippen LogP) is 4.67. The van der Waals surface area contributed by atoms with Crippen molar-refractivity contribution < 1.29 is 18.3 Å². The molecule has 2 heterocycles. The Bertz CT molecular complexity index is 1360. The first-order valence-electron chi connectivity index (χ1n) is 11.9. The van der Waals surface area contributed by atoms with Crippen LogP contribution in [0.15, 0.2) is 78.9 Å². The van der Waals surface area contributed by atoms with Gasteiger partial charge in [-0.3, -0.25) is 4.79 Å². The molecule has 0 fully saturated rings. The lowest BCUT2D eigenvalue weighted by atomic mass is 9.74. The first kappa shape index (κ1) is 23.7. The fourth-order valence-electron chi connectivity index (χ4n) is 4.95. The molecule has 4 aromatic rings. The van der Waals surface area contributed by atoms with Crippen LogP contribution in [0.5, 0.6) is 0 Å². The molecule has 8 heteroatoms. The van der Waals surface area contributed by atoms with Gasteiger partial charge in [-0.25, -0.2) is 13.5 Å². The number of aromatic nitrogens is 3. The molecule has 1 atom stereocenters.